The van der Waals surface area contributed by atoms with E-state index in [4.69, 9.17) is 0 Å². The molecule has 1 aromatic carbocycles. The normalized spacial score (nSPS) is 12.3. The lowest BCUT2D eigenvalue weighted by Crippen LogP contribution is -3.11. The first kappa shape index (κ1) is 22.6. The molecule has 0 aliphatic rings. The zero-order valence-corrected chi connectivity index (χ0v) is 18.4. The van der Waals surface area contributed by atoms with Crippen LogP contribution in [0, 0.1) is 18.8 Å². The number of amides is 2. The van der Waals surface area contributed by atoms with E-state index in [1.165, 1.54) is 0 Å². The Balaban J connectivity index is 2.58. The molecule has 0 aromatic heterocycles. The quantitative estimate of drug-likeness (QED) is 0.636. The molecule has 0 fully saturated rings. The first-order valence-electron chi connectivity index (χ1n) is 9.23. The number of hydrogen-bond acceptors (Lipinski definition) is 2. The topological polar surface area (TPSA) is 53.9 Å². The molecule has 1 atom stereocenters. The van der Waals surface area contributed by atoms with E-state index >= 15 is 0 Å². The number of anilines is 1. The Kier molecular flexibility index (Phi) is 9.30. The summed E-state index contributed by atoms with van der Waals surface area (Å²) in [5.41, 5.74) is 1.81. The summed E-state index contributed by atoms with van der Waals surface area (Å²) in [4.78, 5) is 27.7. The minimum absolute atomic E-state index is 0.0833. The number of halogens is 1. The summed E-state index contributed by atoms with van der Waals surface area (Å²) < 4.78 is 0.983. The number of aryl methyl sites for hydroxylation is 1. The van der Waals surface area contributed by atoms with Crippen molar-refractivity contribution >= 4 is 33.4 Å². The van der Waals surface area contributed by atoms with Crippen molar-refractivity contribution < 1.29 is 14.5 Å². The van der Waals surface area contributed by atoms with Gasteiger partial charge in [-0.15, -0.1) is 0 Å². The molecular weight excluding hydrogens is 394 g/mol. The highest BCUT2D eigenvalue weighted by Crippen LogP contribution is 2.19. The molecule has 146 valence electrons. The van der Waals surface area contributed by atoms with E-state index in [9.17, 15) is 9.59 Å². The molecule has 2 N–H and O–H groups in total. The van der Waals surface area contributed by atoms with Crippen LogP contribution in [0.25, 0.3) is 0 Å². The summed E-state index contributed by atoms with van der Waals surface area (Å²) in [6.45, 7) is 12.5. The van der Waals surface area contributed by atoms with Crippen LogP contribution in [0.5, 0.6) is 0 Å². The summed E-state index contributed by atoms with van der Waals surface area (Å²) in [6.07, 6.45) is 0. The maximum atomic E-state index is 12.6. The Morgan fingerprint density at radius 2 is 1.69 bits per heavy atom. The highest BCUT2D eigenvalue weighted by Gasteiger charge is 2.21. The molecule has 1 unspecified atom stereocenters. The molecule has 0 saturated heterocycles. The van der Waals surface area contributed by atoms with E-state index in [2.05, 4.69) is 48.9 Å². The maximum absolute atomic E-state index is 12.6. The fraction of sp³-hybridized carbons (Fsp3) is 0.600. The lowest BCUT2D eigenvalue weighted by molar-refractivity contribution is -0.862. The molecule has 0 heterocycles. The zero-order valence-electron chi connectivity index (χ0n) is 16.9. The van der Waals surface area contributed by atoms with Crippen LogP contribution in [-0.2, 0) is 9.59 Å². The van der Waals surface area contributed by atoms with E-state index in [1.54, 1.807) is 0 Å². The van der Waals surface area contributed by atoms with Crippen molar-refractivity contribution in [3.63, 3.8) is 0 Å². The summed E-state index contributed by atoms with van der Waals surface area (Å²) >= 11 is 3.42. The number of carbonyl (C=O) groups excluding carboxylic acids is 2. The van der Waals surface area contributed by atoms with Crippen molar-refractivity contribution in [1.29, 1.82) is 0 Å². The molecule has 0 aliphatic carbocycles. The van der Waals surface area contributed by atoms with Gasteiger partial charge in [-0.2, -0.15) is 0 Å². The van der Waals surface area contributed by atoms with Gasteiger partial charge in [0.1, 0.15) is 0 Å². The van der Waals surface area contributed by atoms with Crippen molar-refractivity contribution in [2.75, 3.05) is 38.5 Å². The third-order valence-electron chi connectivity index (χ3n) is 3.90. The first-order chi connectivity index (χ1) is 12.1. The second-order valence-electron chi connectivity index (χ2n) is 7.90. The van der Waals surface area contributed by atoms with Crippen molar-refractivity contribution in [1.82, 2.24) is 4.90 Å². The molecule has 26 heavy (non-hydrogen) atoms. The van der Waals surface area contributed by atoms with Crippen LogP contribution in [0.15, 0.2) is 22.7 Å². The van der Waals surface area contributed by atoms with E-state index in [0.29, 0.717) is 18.4 Å². The molecule has 1 aromatic rings. The van der Waals surface area contributed by atoms with Gasteiger partial charge in [0.25, 0.3) is 11.8 Å². The predicted octanol–water partition coefficient (Wildman–Crippen LogP) is 2.35. The van der Waals surface area contributed by atoms with Gasteiger partial charge in [0.2, 0.25) is 0 Å². The summed E-state index contributed by atoms with van der Waals surface area (Å²) in [7, 11) is 1.88. The highest BCUT2D eigenvalue weighted by atomic mass is 79.9. The lowest BCUT2D eigenvalue weighted by Gasteiger charge is -2.27. The van der Waals surface area contributed by atoms with Gasteiger partial charge in [-0.05, 0) is 42.5 Å². The lowest BCUT2D eigenvalue weighted by atomic mass is 10.1. The van der Waals surface area contributed by atoms with Crippen molar-refractivity contribution in [3.05, 3.63) is 28.2 Å². The van der Waals surface area contributed by atoms with E-state index in [0.717, 1.165) is 33.7 Å². The average Bonchev–Trinajstić information content (AvgIpc) is 2.48. The van der Waals surface area contributed by atoms with Gasteiger partial charge in [0, 0.05) is 23.2 Å². The fourth-order valence-electron chi connectivity index (χ4n) is 2.83. The van der Waals surface area contributed by atoms with Gasteiger partial charge in [0.15, 0.2) is 13.1 Å². The summed E-state index contributed by atoms with van der Waals surface area (Å²) in [5.74, 6) is 0.890. The van der Waals surface area contributed by atoms with E-state index in [-0.39, 0.29) is 18.4 Å². The molecule has 5 nitrogen and oxygen atoms in total. The number of carbonyl (C=O) groups is 2. The second-order valence-corrected chi connectivity index (χ2v) is 8.82. The van der Waals surface area contributed by atoms with Crippen LogP contribution in [0.4, 0.5) is 5.69 Å². The van der Waals surface area contributed by atoms with Gasteiger partial charge in [-0.3, -0.25) is 9.59 Å². The Bertz CT molecular complexity index is 607. The van der Waals surface area contributed by atoms with Gasteiger partial charge in [-0.1, -0.05) is 43.6 Å². The SMILES string of the molecule is Cc1cc(Br)ccc1NC(=O)C[NH+](C)CC(=O)N(CC(C)C)CC(C)C. The third kappa shape index (κ3) is 8.32. The minimum atomic E-state index is -0.0833. The van der Waals surface area contributed by atoms with Crippen LogP contribution in [0.1, 0.15) is 33.3 Å². The smallest absolute Gasteiger partial charge is 0.279 e. The monoisotopic (exact) mass is 426 g/mol. The molecule has 6 heteroatoms. The second kappa shape index (κ2) is 10.7. The Morgan fingerprint density at radius 3 is 2.19 bits per heavy atom. The first-order valence-corrected chi connectivity index (χ1v) is 10.0. The van der Waals surface area contributed by atoms with Gasteiger partial charge in [-0.25, -0.2) is 0 Å². The van der Waals surface area contributed by atoms with Crippen molar-refractivity contribution in [3.8, 4) is 0 Å². The molecule has 2 amide bonds. The maximum Gasteiger partial charge on any atom is 0.279 e. The molecule has 0 saturated carbocycles. The number of quaternary nitrogens is 1. The molecule has 0 radical (unpaired) electrons. The van der Waals surface area contributed by atoms with E-state index in [1.807, 2.05) is 37.1 Å². The summed E-state index contributed by atoms with van der Waals surface area (Å²) in [5, 5.41) is 2.93. The molecule has 1 rings (SSSR count). The minimum Gasteiger partial charge on any atom is -0.337 e. The highest BCUT2D eigenvalue weighted by molar-refractivity contribution is 9.10. The number of nitrogens with one attached hydrogen (secondary N) is 2. The average molecular weight is 427 g/mol. The van der Waals surface area contributed by atoms with Crippen molar-refractivity contribution in [2.24, 2.45) is 11.8 Å². The molecule has 0 spiro atoms. The number of rotatable bonds is 9. The Hall–Kier alpha value is -1.40. The Morgan fingerprint density at radius 1 is 1.12 bits per heavy atom. The largest absolute Gasteiger partial charge is 0.337 e. The third-order valence-corrected chi connectivity index (χ3v) is 4.39. The number of nitrogens with zero attached hydrogens (tertiary/aromatic N) is 1. The van der Waals surface area contributed by atoms with Gasteiger partial charge < -0.3 is 15.1 Å². The predicted molar refractivity (Wildman–Crippen MR) is 110 cm³/mol. The number of likely N-dealkylation sites (N-methyl/N-ethyl adjacent to an activating group) is 1. The van der Waals surface area contributed by atoms with Crippen LogP contribution < -0.4 is 10.2 Å². The number of benzene rings is 1. The molecular formula is C20H33BrN3O2+. The molecule has 0 bridgehead atoms. The van der Waals surface area contributed by atoms with E-state index < -0.39 is 0 Å². The van der Waals surface area contributed by atoms with Crippen molar-refractivity contribution in [2.45, 2.75) is 34.6 Å². The fourth-order valence-corrected chi connectivity index (χ4v) is 3.30. The van der Waals surface area contributed by atoms with Crippen LogP contribution >= 0.6 is 15.9 Å². The Labute approximate surface area is 166 Å². The molecule has 0 aliphatic heterocycles. The number of hydrogen-bond donors (Lipinski definition) is 2. The summed E-state index contributed by atoms with van der Waals surface area (Å²) in [6, 6.07) is 5.74. The zero-order chi connectivity index (χ0) is 19.9. The standard InChI is InChI=1S/C20H32BrN3O2/c1-14(2)10-24(11-15(3)4)20(26)13-23(6)12-19(25)22-18-8-7-17(21)9-16(18)5/h7-9,14-15H,10-13H2,1-6H3,(H,22,25)/p+1. The van der Waals surface area contributed by atoms with Crippen LogP contribution in [-0.4, -0.2) is 49.9 Å². The van der Waals surface area contributed by atoms with Gasteiger partial charge in [0.05, 0.1) is 7.05 Å². The van der Waals surface area contributed by atoms with Gasteiger partial charge >= 0.3 is 0 Å². The van der Waals surface area contributed by atoms with Crippen LogP contribution in [0.2, 0.25) is 0 Å². The van der Waals surface area contributed by atoms with Crippen LogP contribution in [0.3, 0.4) is 0 Å².